The van der Waals surface area contributed by atoms with Gasteiger partial charge in [-0.1, -0.05) is 6.92 Å². The van der Waals surface area contributed by atoms with Crippen LogP contribution in [0.15, 0.2) is 36.7 Å². The summed E-state index contributed by atoms with van der Waals surface area (Å²) >= 11 is 0. The van der Waals surface area contributed by atoms with Crippen LogP contribution in [0.1, 0.15) is 6.92 Å². The van der Waals surface area contributed by atoms with E-state index in [0.29, 0.717) is 17.0 Å². The molecule has 1 fully saturated rings. The molecule has 0 spiro atoms. The van der Waals surface area contributed by atoms with Gasteiger partial charge in [-0.15, -0.1) is 5.10 Å². The molecule has 4 rings (SSSR count). The number of nitrogens with two attached hydrogens (primary N) is 1. The minimum atomic E-state index is -0.362. The summed E-state index contributed by atoms with van der Waals surface area (Å²) in [6.45, 7) is 4.32. The highest BCUT2D eigenvalue weighted by molar-refractivity contribution is 5.79. The highest BCUT2D eigenvalue weighted by atomic mass is 19.1. The molecule has 3 aromatic rings. The van der Waals surface area contributed by atoms with Crippen molar-refractivity contribution in [2.75, 3.05) is 23.7 Å². The Labute approximate surface area is 127 Å². The Hall–Kier alpha value is -2.63. The van der Waals surface area contributed by atoms with Crippen molar-refractivity contribution in [3.63, 3.8) is 0 Å². The smallest absolute Gasteiger partial charge is 0.181 e. The maximum absolute atomic E-state index is 14.0. The fourth-order valence-electron chi connectivity index (χ4n) is 2.82. The Morgan fingerprint density at radius 1 is 1.27 bits per heavy atom. The molecular weight excluding hydrogens is 281 g/mol. The van der Waals surface area contributed by atoms with Gasteiger partial charge in [0.15, 0.2) is 5.65 Å². The number of nitrogen functional groups attached to an aromatic ring is 1. The molecule has 0 aliphatic carbocycles. The number of nitrogens with zero attached hydrogens (tertiary/aromatic N) is 4. The summed E-state index contributed by atoms with van der Waals surface area (Å²) in [6.07, 6.45) is 3.61. The molecule has 0 radical (unpaired) electrons. The molecule has 1 aromatic carbocycles. The maximum atomic E-state index is 14.0. The van der Waals surface area contributed by atoms with Crippen LogP contribution in [0.3, 0.4) is 0 Å². The van der Waals surface area contributed by atoms with Gasteiger partial charge in [-0.2, -0.15) is 0 Å². The third-order valence-electron chi connectivity index (χ3n) is 3.99. The maximum Gasteiger partial charge on any atom is 0.181 e. The van der Waals surface area contributed by atoms with E-state index in [4.69, 9.17) is 5.73 Å². The van der Waals surface area contributed by atoms with Gasteiger partial charge in [0.1, 0.15) is 11.5 Å². The van der Waals surface area contributed by atoms with Gasteiger partial charge in [-0.3, -0.25) is 0 Å². The van der Waals surface area contributed by atoms with Crippen molar-refractivity contribution in [2.24, 2.45) is 5.92 Å². The van der Waals surface area contributed by atoms with E-state index in [1.807, 2.05) is 12.3 Å². The molecule has 6 heteroatoms. The van der Waals surface area contributed by atoms with E-state index in [1.165, 1.54) is 16.8 Å². The van der Waals surface area contributed by atoms with E-state index in [1.54, 1.807) is 12.3 Å². The number of anilines is 2. The van der Waals surface area contributed by atoms with Crippen LogP contribution in [-0.4, -0.2) is 27.9 Å². The van der Waals surface area contributed by atoms with Crippen LogP contribution in [0.25, 0.3) is 16.7 Å². The van der Waals surface area contributed by atoms with Gasteiger partial charge >= 0.3 is 0 Å². The Morgan fingerprint density at radius 2 is 2.09 bits per heavy atom. The van der Waals surface area contributed by atoms with E-state index in [9.17, 15) is 4.39 Å². The predicted molar refractivity (Wildman–Crippen MR) is 84.6 cm³/mol. The second kappa shape index (κ2) is 4.69. The first-order valence-electron chi connectivity index (χ1n) is 7.26. The van der Waals surface area contributed by atoms with Crippen LogP contribution < -0.4 is 10.6 Å². The predicted octanol–water partition coefficient (Wildman–Crippen LogP) is 2.60. The summed E-state index contributed by atoms with van der Waals surface area (Å²) in [5.41, 5.74) is 8.24. The number of rotatable bonds is 2. The van der Waals surface area contributed by atoms with Crippen LogP contribution in [0.4, 0.5) is 15.8 Å². The number of hydrogen-bond donors (Lipinski definition) is 1. The number of hydrogen-bond acceptors (Lipinski definition) is 4. The molecule has 1 saturated heterocycles. The molecule has 112 valence electrons. The van der Waals surface area contributed by atoms with E-state index in [2.05, 4.69) is 21.9 Å². The average molecular weight is 297 g/mol. The van der Waals surface area contributed by atoms with Gasteiger partial charge in [0.2, 0.25) is 0 Å². The number of halogens is 1. The third-order valence-corrected chi connectivity index (χ3v) is 3.99. The number of benzene rings is 1. The molecule has 0 amide bonds. The van der Waals surface area contributed by atoms with Gasteiger partial charge in [-0.05, 0) is 30.2 Å². The molecule has 5 nitrogen and oxygen atoms in total. The van der Waals surface area contributed by atoms with Crippen molar-refractivity contribution in [2.45, 2.75) is 6.92 Å². The summed E-state index contributed by atoms with van der Waals surface area (Å²) in [7, 11) is 0. The molecule has 1 aliphatic rings. The van der Waals surface area contributed by atoms with Gasteiger partial charge in [0.25, 0.3) is 0 Å². The summed E-state index contributed by atoms with van der Waals surface area (Å²) < 4.78 is 15.4. The molecule has 1 aliphatic heterocycles. The van der Waals surface area contributed by atoms with Crippen molar-refractivity contribution in [1.82, 2.24) is 14.8 Å². The summed E-state index contributed by atoms with van der Waals surface area (Å²) in [5, 5.41) is 5.22. The summed E-state index contributed by atoms with van der Waals surface area (Å²) in [5.74, 6) is 0.360. The molecule has 0 saturated carbocycles. The van der Waals surface area contributed by atoms with E-state index in [0.717, 1.165) is 30.1 Å². The van der Waals surface area contributed by atoms with Gasteiger partial charge in [-0.25, -0.2) is 14.1 Å². The van der Waals surface area contributed by atoms with Crippen LogP contribution in [0.2, 0.25) is 0 Å². The number of aromatic nitrogens is 3. The topological polar surface area (TPSA) is 60.0 Å². The van der Waals surface area contributed by atoms with Crippen molar-refractivity contribution in [1.29, 1.82) is 0 Å². The molecule has 22 heavy (non-hydrogen) atoms. The van der Waals surface area contributed by atoms with Crippen molar-refractivity contribution >= 4 is 22.4 Å². The second-order valence-electron chi connectivity index (χ2n) is 5.90. The first-order valence-corrected chi connectivity index (χ1v) is 7.26. The highest BCUT2D eigenvalue weighted by Gasteiger charge is 2.23. The summed E-state index contributed by atoms with van der Waals surface area (Å²) in [4.78, 5) is 6.65. The summed E-state index contributed by atoms with van der Waals surface area (Å²) in [6, 6.07) is 6.49. The van der Waals surface area contributed by atoms with Crippen LogP contribution in [-0.2, 0) is 0 Å². The molecule has 2 aromatic heterocycles. The largest absolute Gasteiger partial charge is 0.399 e. The zero-order valence-corrected chi connectivity index (χ0v) is 12.2. The molecule has 0 unspecified atom stereocenters. The normalized spacial score (nSPS) is 15.3. The zero-order valence-electron chi connectivity index (χ0n) is 12.2. The first-order chi connectivity index (χ1) is 10.6. The van der Waals surface area contributed by atoms with Gasteiger partial charge in [0, 0.05) is 30.4 Å². The van der Waals surface area contributed by atoms with Gasteiger partial charge < -0.3 is 10.6 Å². The Morgan fingerprint density at radius 3 is 2.86 bits per heavy atom. The lowest BCUT2D eigenvalue weighted by atomic mass is 10.0. The quantitative estimate of drug-likeness (QED) is 0.739. The van der Waals surface area contributed by atoms with Crippen LogP contribution in [0.5, 0.6) is 0 Å². The fourth-order valence-corrected chi connectivity index (χ4v) is 2.82. The lowest BCUT2D eigenvalue weighted by molar-refractivity contribution is 0.447. The lowest BCUT2D eigenvalue weighted by Gasteiger charge is -2.38. The zero-order chi connectivity index (χ0) is 15.3. The Balaban J connectivity index is 1.75. The Bertz CT molecular complexity index is 851. The molecule has 0 bridgehead atoms. The van der Waals surface area contributed by atoms with Crippen LogP contribution >= 0.6 is 0 Å². The molecule has 0 atom stereocenters. The standard InChI is InChI=1S/C16H16FN5/c1-10-7-21(8-10)13-4-11-9-22(20-16(11)19-6-13)15-5-12(18)2-3-14(15)17/h2-6,9-10H,7-8,18H2,1H3. The van der Waals surface area contributed by atoms with E-state index in [-0.39, 0.29) is 5.82 Å². The Kier molecular flexibility index (Phi) is 2.79. The number of fused-ring (bicyclic) bond motifs is 1. The SMILES string of the molecule is CC1CN(c2cnc3nn(-c4cc(N)ccc4F)cc3c2)C1. The van der Waals surface area contributed by atoms with Crippen molar-refractivity contribution in [3.8, 4) is 5.69 Å². The minimum absolute atomic E-state index is 0.331. The van der Waals surface area contributed by atoms with Crippen molar-refractivity contribution < 1.29 is 4.39 Å². The van der Waals surface area contributed by atoms with E-state index < -0.39 is 0 Å². The fraction of sp³-hybridized carbons (Fsp3) is 0.250. The number of pyridine rings is 1. The van der Waals surface area contributed by atoms with E-state index >= 15 is 0 Å². The molecule has 3 heterocycles. The van der Waals surface area contributed by atoms with Gasteiger partial charge in [0.05, 0.1) is 11.9 Å². The highest BCUT2D eigenvalue weighted by Crippen LogP contribution is 2.27. The molecular formula is C16H16FN5. The van der Waals surface area contributed by atoms with Crippen molar-refractivity contribution in [3.05, 3.63) is 42.5 Å². The second-order valence-corrected chi connectivity index (χ2v) is 5.90. The average Bonchev–Trinajstić information content (AvgIpc) is 2.89. The monoisotopic (exact) mass is 297 g/mol. The van der Waals surface area contributed by atoms with Crippen LogP contribution in [0, 0.1) is 11.7 Å². The molecule has 2 N–H and O–H groups in total. The minimum Gasteiger partial charge on any atom is -0.399 e. The lowest BCUT2D eigenvalue weighted by Crippen LogP contribution is -2.45. The third kappa shape index (κ3) is 2.07. The first kappa shape index (κ1) is 13.1.